The van der Waals surface area contributed by atoms with Gasteiger partial charge in [0.15, 0.2) is 0 Å². The number of hydrogen-bond donors (Lipinski definition) is 2. The Morgan fingerprint density at radius 1 is 1.00 bits per heavy atom. The van der Waals surface area contributed by atoms with Crippen molar-refractivity contribution in [1.82, 2.24) is 4.90 Å². The second-order valence-electron chi connectivity index (χ2n) is 6.84. The quantitative estimate of drug-likeness (QED) is 0.759. The lowest BCUT2D eigenvalue weighted by Gasteiger charge is -2.27. The van der Waals surface area contributed by atoms with Crippen LogP contribution in [0.15, 0.2) is 36.4 Å². The first-order valence-electron chi connectivity index (χ1n) is 8.86. The standard InChI is InChI=1S/C15H19F3N2.C4H4O4/c1-19-12-6-7-14(19)10-20(9-8-12)13-4-2-11(3-5-13)15(16,17)18;5-3(6)1-2-4(7)8/h2-5,12,14H,6-10H2,1H3;1-2H,(H,5,6)(H,7,8)/b;2-1+. The van der Waals surface area contributed by atoms with E-state index in [1.54, 1.807) is 12.1 Å². The number of alkyl halides is 3. The summed E-state index contributed by atoms with van der Waals surface area (Å²) in [4.78, 5) is 23.8. The number of fused-ring (bicyclic) bond motifs is 2. The highest BCUT2D eigenvalue weighted by molar-refractivity contribution is 5.89. The summed E-state index contributed by atoms with van der Waals surface area (Å²) in [5.74, 6) is -2.51. The molecule has 2 unspecified atom stereocenters. The zero-order valence-electron chi connectivity index (χ0n) is 15.4. The van der Waals surface area contributed by atoms with Crippen LogP contribution in [-0.2, 0) is 15.8 Å². The maximum Gasteiger partial charge on any atom is 0.416 e. The van der Waals surface area contributed by atoms with E-state index in [0.717, 1.165) is 25.2 Å². The number of nitrogens with zero attached hydrogens (tertiary/aromatic N) is 2. The maximum atomic E-state index is 12.6. The third-order valence-corrected chi connectivity index (χ3v) is 5.08. The average molecular weight is 400 g/mol. The highest BCUT2D eigenvalue weighted by atomic mass is 19.4. The fraction of sp³-hybridized carbons (Fsp3) is 0.474. The smallest absolute Gasteiger partial charge is 0.416 e. The van der Waals surface area contributed by atoms with Crippen LogP contribution in [0.4, 0.5) is 18.9 Å². The van der Waals surface area contributed by atoms with Gasteiger partial charge < -0.3 is 15.1 Å². The van der Waals surface area contributed by atoms with Gasteiger partial charge in [-0.05, 0) is 50.6 Å². The molecule has 0 radical (unpaired) electrons. The molecule has 2 aliphatic rings. The Bertz CT molecular complexity index is 703. The number of aliphatic carboxylic acids is 2. The Morgan fingerprint density at radius 2 is 1.54 bits per heavy atom. The van der Waals surface area contributed by atoms with E-state index in [2.05, 4.69) is 16.8 Å². The van der Waals surface area contributed by atoms with Crippen LogP contribution in [0, 0.1) is 0 Å². The molecule has 2 aliphatic heterocycles. The van der Waals surface area contributed by atoms with E-state index in [4.69, 9.17) is 10.2 Å². The number of carboxylic acids is 2. The Balaban J connectivity index is 0.000000300. The lowest BCUT2D eigenvalue weighted by Crippen LogP contribution is -2.36. The summed E-state index contributed by atoms with van der Waals surface area (Å²) in [6.45, 7) is 1.84. The largest absolute Gasteiger partial charge is 0.478 e. The Kier molecular flexibility index (Phi) is 7.06. The van der Waals surface area contributed by atoms with Gasteiger partial charge in [0.1, 0.15) is 0 Å². The van der Waals surface area contributed by atoms with E-state index in [1.165, 1.54) is 25.0 Å². The molecular formula is C19H23F3N2O4. The summed E-state index contributed by atoms with van der Waals surface area (Å²) < 4.78 is 37.7. The Labute approximate surface area is 160 Å². The van der Waals surface area contributed by atoms with E-state index >= 15 is 0 Å². The molecule has 2 N–H and O–H groups in total. The summed E-state index contributed by atoms with van der Waals surface area (Å²) in [5, 5.41) is 15.6. The number of carbonyl (C=O) groups is 2. The number of anilines is 1. The predicted molar refractivity (Wildman–Crippen MR) is 97.3 cm³/mol. The number of benzene rings is 1. The molecule has 154 valence electrons. The minimum Gasteiger partial charge on any atom is -0.478 e. The van der Waals surface area contributed by atoms with Crippen molar-refractivity contribution in [2.24, 2.45) is 0 Å². The summed E-state index contributed by atoms with van der Waals surface area (Å²) in [7, 11) is 2.17. The molecule has 0 aromatic heterocycles. The molecule has 2 atom stereocenters. The molecule has 2 heterocycles. The van der Waals surface area contributed by atoms with E-state index < -0.39 is 23.7 Å². The molecule has 0 saturated carbocycles. The van der Waals surface area contributed by atoms with Crippen molar-refractivity contribution in [2.45, 2.75) is 37.5 Å². The zero-order chi connectivity index (χ0) is 20.9. The first kappa shape index (κ1) is 21.7. The van der Waals surface area contributed by atoms with Gasteiger partial charge in [0.05, 0.1) is 5.56 Å². The number of carboxylic acid groups (broad SMARTS) is 2. The molecule has 1 aromatic rings. The van der Waals surface area contributed by atoms with Crippen molar-refractivity contribution in [3.63, 3.8) is 0 Å². The van der Waals surface area contributed by atoms with E-state index in [1.807, 2.05) is 0 Å². The lowest BCUT2D eigenvalue weighted by atomic mass is 10.1. The molecule has 9 heteroatoms. The van der Waals surface area contributed by atoms with Crippen LogP contribution in [0.2, 0.25) is 0 Å². The monoisotopic (exact) mass is 400 g/mol. The van der Waals surface area contributed by atoms with Crippen LogP contribution in [-0.4, -0.2) is 59.3 Å². The molecule has 2 saturated heterocycles. The van der Waals surface area contributed by atoms with Crippen molar-refractivity contribution in [3.8, 4) is 0 Å². The van der Waals surface area contributed by atoms with Crippen molar-refractivity contribution in [1.29, 1.82) is 0 Å². The van der Waals surface area contributed by atoms with E-state index in [-0.39, 0.29) is 0 Å². The van der Waals surface area contributed by atoms with Gasteiger partial charge in [-0.3, -0.25) is 4.90 Å². The van der Waals surface area contributed by atoms with Gasteiger partial charge in [-0.15, -0.1) is 0 Å². The summed E-state index contributed by atoms with van der Waals surface area (Å²) in [6.07, 6.45) is 0.398. The van der Waals surface area contributed by atoms with E-state index in [0.29, 0.717) is 24.2 Å². The van der Waals surface area contributed by atoms with Crippen LogP contribution >= 0.6 is 0 Å². The SMILES string of the molecule is CN1C2CCC1CN(c1ccc(C(F)(F)F)cc1)CC2.O=C(O)/C=C/C(=O)O. The number of hydrogen-bond acceptors (Lipinski definition) is 4. The fourth-order valence-electron chi connectivity index (χ4n) is 3.55. The average Bonchev–Trinajstić information content (AvgIpc) is 2.85. The van der Waals surface area contributed by atoms with Gasteiger partial charge in [-0.1, -0.05) is 0 Å². The Hall–Kier alpha value is -2.55. The molecular weight excluding hydrogens is 377 g/mol. The first-order chi connectivity index (χ1) is 13.1. The third-order valence-electron chi connectivity index (χ3n) is 5.08. The van der Waals surface area contributed by atoms with Crippen LogP contribution in [0.5, 0.6) is 0 Å². The molecule has 0 amide bonds. The fourth-order valence-corrected chi connectivity index (χ4v) is 3.55. The molecule has 6 nitrogen and oxygen atoms in total. The molecule has 2 fully saturated rings. The number of likely N-dealkylation sites (N-methyl/N-ethyl adjacent to an activating group) is 1. The summed E-state index contributed by atoms with van der Waals surface area (Å²) >= 11 is 0. The highest BCUT2D eigenvalue weighted by Gasteiger charge is 2.35. The van der Waals surface area contributed by atoms with Crippen molar-refractivity contribution in [2.75, 3.05) is 25.0 Å². The topological polar surface area (TPSA) is 81.1 Å². The molecule has 3 rings (SSSR count). The maximum absolute atomic E-state index is 12.6. The predicted octanol–water partition coefficient (Wildman–Crippen LogP) is 3.09. The zero-order valence-corrected chi connectivity index (χ0v) is 15.4. The summed E-state index contributed by atoms with van der Waals surface area (Å²) in [6, 6.07) is 6.73. The van der Waals surface area contributed by atoms with Crippen LogP contribution in [0.1, 0.15) is 24.8 Å². The van der Waals surface area contributed by atoms with Crippen molar-refractivity contribution >= 4 is 17.6 Å². The van der Waals surface area contributed by atoms with Gasteiger partial charge in [0, 0.05) is 43.0 Å². The van der Waals surface area contributed by atoms with Crippen LogP contribution in [0.25, 0.3) is 0 Å². The van der Waals surface area contributed by atoms with Crippen molar-refractivity contribution < 1.29 is 33.0 Å². The van der Waals surface area contributed by atoms with Gasteiger partial charge in [-0.2, -0.15) is 13.2 Å². The van der Waals surface area contributed by atoms with Crippen LogP contribution in [0.3, 0.4) is 0 Å². The minimum absolute atomic E-state index is 0.532. The van der Waals surface area contributed by atoms with Crippen LogP contribution < -0.4 is 4.90 Å². The van der Waals surface area contributed by atoms with Gasteiger partial charge in [0.25, 0.3) is 0 Å². The molecule has 28 heavy (non-hydrogen) atoms. The molecule has 2 bridgehead atoms. The van der Waals surface area contributed by atoms with Crippen molar-refractivity contribution in [3.05, 3.63) is 42.0 Å². The van der Waals surface area contributed by atoms with Gasteiger partial charge in [0.2, 0.25) is 0 Å². The number of rotatable bonds is 3. The second kappa shape index (κ2) is 9.09. The Morgan fingerprint density at radius 3 is 2.04 bits per heavy atom. The second-order valence-corrected chi connectivity index (χ2v) is 6.84. The van der Waals surface area contributed by atoms with E-state index in [9.17, 15) is 22.8 Å². The van der Waals surface area contributed by atoms with Gasteiger partial charge >= 0.3 is 18.1 Å². The highest BCUT2D eigenvalue weighted by Crippen LogP contribution is 2.33. The first-order valence-corrected chi connectivity index (χ1v) is 8.86. The normalized spacial score (nSPS) is 22.5. The molecule has 1 aromatic carbocycles. The lowest BCUT2D eigenvalue weighted by molar-refractivity contribution is -0.137. The third kappa shape index (κ3) is 5.98. The molecule has 0 aliphatic carbocycles. The number of halogens is 3. The van der Waals surface area contributed by atoms with Gasteiger partial charge in [-0.25, -0.2) is 9.59 Å². The molecule has 0 spiro atoms. The minimum atomic E-state index is -4.25. The summed E-state index contributed by atoms with van der Waals surface area (Å²) in [5.41, 5.74) is 0.327.